The molecule has 0 spiro atoms. The van der Waals surface area contributed by atoms with Gasteiger partial charge in [0.1, 0.15) is 10.8 Å². The molecule has 0 amide bonds. The van der Waals surface area contributed by atoms with Gasteiger partial charge in [-0.2, -0.15) is 0 Å². The molecule has 8 heteroatoms. The molecule has 2 N–H and O–H groups in total. The number of carbonyl (C=O) groups excluding carboxylic acids is 1. The Morgan fingerprint density at radius 3 is 2.85 bits per heavy atom. The number of carbonyl (C=O) groups is 1. The third kappa shape index (κ3) is 4.55. The Morgan fingerprint density at radius 2 is 2.25 bits per heavy atom. The predicted molar refractivity (Wildman–Crippen MR) is 73.9 cm³/mol. The summed E-state index contributed by atoms with van der Waals surface area (Å²) in [5, 5.41) is 5.01. The molecule has 0 aliphatic carbocycles. The summed E-state index contributed by atoms with van der Waals surface area (Å²) in [5.41, 5.74) is 0. The summed E-state index contributed by atoms with van der Waals surface area (Å²) in [6.45, 7) is 0.969. The number of primary sulfonamides is 1. The summed E-state index contributed by atoms with van der Waals surface area (Å²) in [6, 6.07) is 2.97. The van der Waals surface area contributed by atoms with E-state index in [1.54, 1.807) is 6.07 Å². The van der Waals surface area contributed by atoms with Crippen molar-refractivity contribution >= 4 is 27.3 Å². The molecule has 0 aromatic carbocycles. The van der Waals surface area contributed by atoms with Crippen LogP contribution in [-0.4, -0.2) is 33.7 Å². The SMILES string of the molecule is NS(=O)(=O)c1ccc(CC(=O)OCC2CCCCO2)s1. The summed E-state index contributed by atoms with van der Waals surface area (Å²) in [5.74, 6) is -0.387. The highest BCUT2D eigenvalue weighted by molar-refractivity contribution is 7.91. The molecule has 0 saturated carbocycles. The summed E-state index contributed by atoms with van der Waals surface area (Å²) >= 11 is 0.985. The highest BCUT2D eigenvalue weighted by Crippen LogP contribution is 2.21. The molecule has 1 aliphatic heterocycles. The maximum atomic E-state index is 11.7. The van der Waals surface area contributed by atoms with Gasteiger partial charge in [0.05, 0.1) is 12.5 Å². The Kier molecular flexibility index (Phi) is 5.14. The van der Waals surface area contributed by atoms with Gasteiger partial charge in [-0.25, -0.2) is 13.6 Å². The molecule has 6 nitrogen and oxygen atoms in total. The van der Waals surface area contributed by atoms with E-state index in [4.69, 9.17) is 14.6 Å². The van der Waals surface area contributed by atoms with E-state index in [0.29, 0.717) is 11.5 Å². The quantitative estimate of drug-likeness (QED) is 0.818. The Bertz CT molecular complexity index is 560. The first-order chi connectivity index (χ1) is 9.45. The Hall–Kier alpha value is -0.960. The number of rotatable bonds is 5. The summed E-state index contributed by atoms with van der Waals surface area (Å²) in [4.78, 5) is 12.3. The Morgan fingerprint density at radius 1 is 1.45 bits per heavy atom. The Labute approximate surface area is 121 Å². The molecule has 1 saturated heterocycles. The van der Waals surface area contributed by atoms with Crippen LogP contribution in [0.15, 0.2) is 16.3 Å². The van der Waals surface area contributed by atoms with Gasteiger partial charge in [-0.15, -0.1) is 11.3 Å². The highest BCUT2D eigenvalue weighted by Gasteiger charge is 2.17. The van der Waals surface area contributed by atoms with E-state index in [2.05, 4.69) is 0 Å². The molecule has 1 aliphatic rings. The molecule has 1 aromatic rings. The average Bonchev–Trinajstić information content (AvgIpc) is 2.86. The molecule has 0 radical (unpaired) electrons. The van der Waals surface area contributed by atoms with Crippen LogP contribution in [0.25, 0.3) is 0 Å². The monoisotopic (exact) mass is 319 g/mol. The molecule has 1 fully saturated rings. The number of hydrogen-bond donors (Lipinski definition) is 1. The molecule has 0 bridgehead atoms. The van der Waals surface area contributed by atoms with E-state index < -0.39 is 10.0 Å². The van der Waals surface area contributed by atoms with Crippen molar-refractivity contribution in [3.8, 4) is 0 Å². The molecular formula is C12H17NO5S2. The second kappa shape index (κ2) is 6.66. The first kappa shape index (κ1) is 15.4. The average molecular weight is 319 g/mol. The molecular weight excluding hydrogens is 302 g/mol. The molecule has 1 atom stereocenters. The van der Waals surface area contributed by atoms with Gasteiger partial charge in [-0.3, -0.25) is 4.79 Å². The van der Waals surface area contributed by atoms with Crippen molar-refractivity contribution in [2.24, 2.45) is 5.14 Å². The summed E-state index contributed by atoms with van der Waals surface area (Å²) in [6.07, 6.45) is 3.08. The van der Waals surface area contributed by atoms with E-state index in [0.717, 1.165) is 30.6 Å². The minimum atomic E-state index is -3.70. The normalized spacial score (nSPS) is 19.8. The fourth-order valence-electron chi connectivity index (χ4n) is 1.92. The fraction of sp³-hybridized carbons (Fsp3) is 0.583. The lowest BCUT2D eigenvalue weighted by atomic mass is 10.1. The van der Waals surface area contributed by atoms with Crippen molar-refractivity contribution in [1.82, 2.24) is 0 Å². The predicted octanol–water partition coefficient (Wildman–Crippen LogP) is 1.05. The van der Waals surface area contributed by atoms with Crippen LogP contribution in [0.4, 0.5) is 0 Å². The zero-order valence-corrected chi connectivity index (χ0v) is 12.5. The molecule has 1 aromatic heterocycles. The van der Waals surface area contributed by atoms with Crippen LogP contribution >= 0.6 is 11.3 Å². The van der Waals surface area contributed by atoms with Crippen LogP contribution < -0.4 is 5.14 Å². The van der Waals surface area contributed by atoms with E-state index in [1.807, 2.05) is 0 Å². The van der Waals surface area contributed by atoms with Crippen LogP contribution in [0, 0.1) is 0 Å². The van der Waals surface area contributed by atoms with E-state index in [-0.39, 0.29) is 29.3 Å². The van der Waals surface area contributed by atoms with Gasteiger partial charge in [-0.05, 0) is 31.4 Å². The number of thiophene rings is 1. The van der Waals surface area contributed by atoms with Crippen molar-refractivity contribution in [3.05, 3.63) is 17.0 Å². The number of nitrogens with two attached hydrogens (primary N) is 1. The maximum absolute atomic E-state index is 11.7. The zero-order valence-electron chi connectivity index (χ0n) is 10.9. The number of ether oxygens (including phenoxy) is 2. The van der Waals surface area contributed by atoms with Crippen LogP contribution in [0.5, 0.6) is 0 Å². The van der Waals surface area contributed by atoms with Crippen LogP contribution in [0.1, 0.15) is 24.1 Å². The number of esters is 1. The third-order valence-electron chi connectivity index (χ3n) is 2.94. The van der Waals surface area contributed by atoms with Crippen LogP contribution in [0.2, 0.25) is 0 Å². The smallest absolute Gasteiger partial charge is 0.311 e. The first-order valence-corrected chi connectivity index (χ1v) is 8.70. The summed E-state index contributed by atoms with van der Waals surface area (Å²) < 4.78 is 32.9. The molecule has 2 heterocycles. The molecule has 2 rings (SSSR count). The standard InChI is InChI=1S/C12H17NO5S2/c13-20(15,16)12-5-4-10(19-12)7-11(14)18-8-9-3-1-2-6-17-9/h4-5,9H,1-3,6-8H2,(H2,13,15,16). The third-order valence-corrected chi connectivity index (χ3v) is 5.46. The largest absolute Gasteiger partial charge is 0.463 e. The molecule has 1 unspecified atom stereocenters. The summed E-state index contributed by atoms with van der Waals surface area (Å²) in [7, 11) is -3.70. The van der Waals surface area contributed by atoms with Crippen molar-refractivity contribution in [3.63, 3.8) is 0 Å². The number of sulfonamides is 1. The lowest BCUT2D eigenvalue weighted by Crippen LogP contribution is -2.26. The van der Waals surface area contributed by atoms with Gasteiger partial charge in [0.25, 0.3) is 0 Å². The highest BCUT2D eigenvalue weighted by atomic mass is 32.2. The van der Waals surface area contributed by atoms with Gasteiger partial charge in [0.15, 0.2) is 0 Å². The Balaban J connectivity index is 1.80. The van der Waals surface area contributed by atoms with Crippen LogP contribution in [0.3, 0.4) is 0 Å². The topological polar surface area (TPSA) is 95.7 Å². The molecule has 112 valence electrons. The second-order valence-electron chi connectivity index (χ2n) is 4.61. The first-order valence-electron chi connectivity index (χ1n) is 6.34. The van der Waals surface area contributed by atoms with Crippen molar-refractivity contribution in [2.75, 3.05) is 13.2 Å². The molecule has 20 heavy (non-hydrogen) atoms. The van der Waals surface area contributed by atoms with Crippen molar-refractivity contribution in [1.29, 1.82) is 0 Å². The lowest BCUT2D eigenvalue weighted by molar-refractivity contribution is -0.148. The van der Waals surface area contributed by atoms with Crippen molar-refractivity contribution < 1.29 is 22.7 Å². The minimum Gasteiger partial charge on any atom is -0.463 e. The second-order valence-corrected chi connectivity index (χ2v) is 7.57. The zero-order chi connectivity index (χ0) is 14.6. The van der Waals surface area contributed by atoms with Gasteiger partial charge in [0.2, 0.25) is 10.0 Å². The van der Waals surface area contributed by atoms with E-state index >= 15 is 0 Å². The van der Waals surface area contributed by atoms with Gasteiger partial charge < -0.3 is 9.47 Å². The van der Waals surface area contributed by atoms with Gasteiger partial charge in [-0.1, -0.05) is 0 Å². The maximum Gasteiger partial charge on any atom is 0.311 e. The van der Waals surface area contributed by atoms with Crippen molar-refractivity contribution in [2.45, 2.75) is 36.0 Å². The van der Waals surface area contributed by atoms with E-state index in [9.17, 15) is 13.2 Å². The van der Waals surface area contributed by atoms with E-state index in [1.165, 1.54) is 6.07 Å². The number of hydrogen-bond acceptors (Lipinski definition) is 6. The van der Waals surface area contributed by atoms with Crippen LogP contribution in [-0.2, 0) is 30.7 Å². The lowest BCUT2D eigenvalue weighted by Gasteiger charge is -2.21. The minimum absolute atomic E-state index is 0.0176. The van der Waals surface area contributed by atoms with Gasteiger partial charge in [0, 0.05) is 11.5 Å². The van der Waals surface area contributed by atoms with Gasteiger partial charge >= 0.3 is 5.97 Å². The fourth-order valence-corrected chi connectivity index (χ4v) is 3.69.